The lowest BCUT2D eigenvalue weighted by atomic mass is 10.1. The van der Waals surface area contributed by atoms with Gasteiger partial charge in [0.15, 0.2) is 0 Å². The zero-order valence-electron chi connectivity index (χ0n) is 7.73. The van der Waals surface area contributed by atoms with Crippen molar-refractivity contribution >= 4 is 6.08 Å². The van der Waals surface area contributed by atoms with Crippen molar-refractivity contribution < 1.29 is 4.84 Å². The van der Waals surface area contributed by atoms with E-state index in [2.05, 4.69) is 30.3 Å². The highest BCUT2D eigenvalue weighted by Gasteiger charge is 2.08. The Bertz CT molecular complexity index is 320. The number of hydrogen-bond acceptors (Lipinski definition) is 2. The molecule has 0 amide bonds. The molecule has 13 heavy (non-hydrogen) atoms. The van der Waals surface area contributed by atoms with Crippen molar-refractivity contribution in [3.05, 3.63) is 41.6 Å². The quantitative estimate of drug-likeness (QED) is 0.684. The fourth-order valence-electron chi connectivity index (χ4n) is 1.48. The van der Waals surface area contributed by atoms with E-state index in [-0.39, 0.29) is 0 Å². The molecule has 0 radical (unpaired) electrons. The van der Waals surface area contributed by atoms with Gasteiger partial charge in [-0.15, -0.1) is 0 Å². The first-order chi connectivity index (χ1) is 6.40. The van der Waals surface area contributed by atoms with Crippen molar-refractivity contribution in [1.82, 2.24) is 5.06 Å². The molecule has 0 bridgehead atoms. The molecule has 1 aliphatic rings. The molecule has 0 aromatic heterocycles. The van der Waals surface area contributed by atoms with Crippen LogP contribution in [0.4, 0.5) is 0 Å². The summed E-state index contributed by atoms with van der Waals surface area (Å²) in [6.07, 6.45) is 4.06. The maximum Gasteiger partial charge on any atom is 0.0720 e. The van der Waals surface area contributed by atoms with Crippen molar-refractivity contribution in [2.75, 3.05) is 6.61 Å². The average molecular weight is 175 g/mol. The standard InChI is InChI=1S/C11H13NO/c1-2-13-12-8-7-10-5-3-4-6-11(10)9-12/h3-8H,2,9H2,1H3. The smallest absolute Gasteiger partial charge is 0.0720 e. The van der Waals surface area contributed by atoms with Crippen LogP contribution in [-0.4, -0.2) is 11.7 Å². The third-order valence-corrected chi connectivity index (χ3v) is 2.10. The zero-order chi connectivity index (χ0) is 9.10. The monoisotopic (exact) mass is 175 g/mol. The molecule has 0 N–H and O–H groups in total. The second-order valence-corrected chi connectivity index (χ2v) is 3.01. The number of hydroxylamine groups is 2. The molecule has 1 aromatic rings. The molecule has 1 heterocycles. The highest BCUT2D eigenvalue weighted by molar-refractivity contribution is 5.55. The van der Waals surface area contributed by atoms with Gasteiger partial charge >= 0.3 is 0 Å². The van der Waals surface area contributed by atoms with Crippen molar-refractivity contribution in [3.8, 4) is 0 Å². The molecule has 2 rings (SSSR count). The van der Waals surface area contributed by atoms with E-state index >= 15 is 0 Å². The van der Waals surface area contributed by atoms with E-state index in [1.54, 1.807) is 0 Å². The summed E-state index contributed by atoms with van der Waals surface area (Å²) < 4.78 is 0. The predicted molar refractivity (Wildman–Crippen MR) is 52.6 cm³/mol. The Morgan fingerprint density at radius 2 is 2.23 bits per heavy atom. The van der Waals surface area contributed by atoms with Gasteiger partial charge in [0.05, 0.1) is 13.2 Å². The third kappa shape index (κ3) is 1.73. The minimum absolute atomic E-state index is 0.715. The third-order valence-electron chi connectivity index (χ3n) is 2.10. The lowest BCUT2D eigenvalue weighted by Gasteiger charge is -2.23. The van der Waals surface area contributed by atoms with Crippen LogP contribution in [0.2, 0.25) is 0 Å². The van der Waals surface area contributed by atoms with E-state index in [1.807, 2.05) is 18.2 Å². The molecule has 0 aliphatic carbocycles. The maximum absolute atomic E-state index is 5.39. The van der Waals surface area contributed by atoms with E-state index in [4.69, 9.17) is 4.84 Å². The van der Waals surface area contributed by atoms with Gasteiger partial charge < -0.3 is 0 Å². The van der Waals surface area contributed by atoms with Gasteiger partial charge in [-0.25, -0.2) is 0 Å². The summed E-state index contributed by atoms with van der Waals surface area (Å²) in [6, 6.07) is 8.36. The van der Waals surface area contributed by atoms with Gasteiger partial charge in [0, 0.05) is 6.20 Å². The van der Waals surface area contributed by atoms with Crippen LogP contribution in [-0.2, 0) is 11.4 Å². The van der Waals surface area contributed by atoms with Gasteiger partial charge in [0.1, 0.15) is 0 Å². The molecular formula is C11H13NO. The fourth-order valence-corrected chi connectivity index (χ4v) is 1.48. The first-order valence-electron chi connectivity index (χ1n) is 4.56. The van der Waals surface area contributed by atoms with Gasteiger partial charge in [-0.05, 0) is 24.1 Å². The highest BCUT2D eigenvalue weighted by Crippen LogP contribution is 2.18. The van der Waals surface area contributed by atoms with Crippen LogP contribution in [0.5, 0.6) is 0 Å². The lowest BCUT2D eigenvalue weighted by Crippen LogP contribution is -2.20. The largest absolute Gasteiger partial charge is 0.274 e. The summed E-state index contributed by atoms with van der Waals surface area (Å²) in [4.78, 5) is 5.39. The molecule has 2 nitrogen and oxygen atoms in total. The Morgan fingerprint density at radius 1 is 1.38 bits per heavy atom. The van der Waals surface area contributed by atoms with Crippen LogP contribution in [0, 0.1) is 0 Å². The summed E-state index contributed by atoms with van der Waals surface area (Å²) in [7, 11) is 0. The van der Waals surface area contributed by atoms with Gasteiger partial charge in [-0.1, -0.05) is 24.3 Å². The van der Waals surface area contributed by atoms with Crippen LogP contribution in [0.1, 0.15) is 18.1 Å². The van der Waals surface area contributed by atoms with Gasteiger partial charge in [0.2, 0.25) is 0 Å². The molecule has 0 unspecified atom stereocenters. The molecule has 1 aromatic carbocycles. The normalized spacial score (nSPS) is 14.4. The van der Waals surface area contributed by atoms with Crippen LogP contribution in [0.15, 0.2) is 30.5 Å². The van der Waals surface area contributed by atoms with Crippen molar-refractivity contribution in [2.45, 2.75) is 13.5 Å². The molecule has 68 valence electrons. The Hall–Kier alpha value is -1.28. The molecule has 0 fully saturated rings. The average Bonchev–Trinajstić information content (AvgIpc) is 2.18. The Kier molecular flexibility index (Phi) is 2.32. The molecular weight excluding hydrogens is 162 g/mol. The summed E-state index contributed by atoms with van der Waals surface area (Å²) >= 11 is 0. The van der Waals surface area contributed by atoms with Gasteiger partial charge in [-0.3, -0.25) is 9.90 Å². The number of rotatable bonds is 2. The predicted octanol–water partition coefficient (Wildman–Crippen LogP) is 2.42. The molecule has 1 aliphatic heterocycles. The summed E-state index contributed by atoms with van der Waals surface area (Å²) in [5.74, 6) is 0. The lowest BCUT2D eigenvalue weighted by molar-refractivity contribution is -0.122. The van der Waals surface area contributed by atoms with Gasteiger partial charge in [-0.2, -0.15) is 0 Å². The number of hydrogen-bond donors (Lipinski definition) is 0. The Morgan fingerprint density at radius 3 is 3.08 bits per heavy atom. The molecule has 0 spiro atoms. The van der Waals surface area contributed by atoms with E-state index in [0.29, 0.717) is 6.61 Å². The number of fused-ring (bicyclic) bond motifs is 1. The zero-order valence-corrected chi connectivity index (χ0v) is 7.73. The minimum atomic E-state index is 0.715. The van der Waals surface area contributed by atoms with Crippen LogP contribution < -0.4 is 0 Å². The summed E-state index contributed by atoms with van der Waals surface area (Å²) in [5, 5.41) is 1.86. The molecule has 0 saturated carbocycles. The fraction of sp³-hybridized carbons (Fsp3) is 0.273. The van der Waals surface area contributed by atoms with Crippen LogP contribution >= 0.6 is 0 Å². The van der Waals surface area contributed by atoms with Crippen molar-refractivity contribution in [2.24, 2.45) is 0 Å². The molecule has 0 atom stereocenters. The van der Waals surface area contributed by atoms with Crippen LogP contribution in [0.3, 0.4) is 0 Å². The number of benzene rings is 1. The van der Waals surface area contributed by atoms with Crippen molar-refractivity contribution in [1.29, 1.82) is 0 Å². The number of nitrogens with zero attached hydrogens (tertiary/aromatic N) is 1. The summed E-state index contributed by atoms with van der Waals surface area (Å²) in [5.41, 5.74) is 2.61. The van der Waals surface area contributed by atoms with E-state index in [1.165, 1.54) is 11.1 Å². The second kappa shape index (κ2) is 3.62. The first kappa shape index (κ1) is 8.32. The van der Waals surface area contributed by atoms with Crippen LogP contribution in [0.25, 0.3) is 6.08 Å². The molecule has 0 saturated heterocycles. The second-order valence-electron chi connectivity index (χ2n) is 3.01. The SMILES string of the molecule is CCON1C=Cc2ccccc2C1. The molecule has 2 heteroatoms. The maximum atomic E-state index is 5.39. The highest BCUT2D eigenvalue weighted by atomic mass is 16.7. The Balaban J connectivity index is 2.19. The van der Waals surface area contributed by atoms with Gasteiger partial charge in [0.25, 0.3) is 0 Å². The van der Waals surface area contributed by atoms with Crippen molar-refractivity contribution in [3.63, 3.8) is 0 Å². The van der Waals surface area contributed by atoms with E-state index in [9.17, 15) is 0 Å². The topological polar surface area (TPSA) is 12.5 Å². The van der Waals surface area contributed by atoms with E-state index < -0.39 is 0 Å². The summed E-state index contributed by atoms with van der Waals surface area (Å²) in [6.45, 7) is 3.56. The van der Waals surface area contributed by atoms with E-state index in [0.717, 1.165) is 6.54 Å². The Labute approximate surface area is 78.4 Å². The minimum Gasteiger partial charge on any atom is -0.274 e. The first-order valence-corrected chi connectivity index (χ1v) is 4.56.